The van der Waals surface area contributed by atoms with Crippen LogP contribution < -0.4 is 0 Å². The number of imidazole rings is 1. The zero-order chi connectivity index (χ0) is 11.8. The Labute approximate surface area is 94.3 Å². The van der Waals surface area contributed by atoms with Gasteiger partial charge < -0.3 is 4.98 Å². The predicted molar refractivity (Wildman–Crippen MR) is 57.0 cm³/mol. The summed E-state index contributed by atoms with van der Waals surface area (Å²) in [6.07, 6.45) is 2.93. The van der Waals surface area contributed by atoms with Crippen molar-refractivity contribution in [3.05, 3.63) is 42.4 Å². The predicted octanol–water partition coefficient (Wildman–Crippen LogP) is 2.30. The average Bonchev–Trinajstić information content (AvgIpc) is 2.81. The first-order valence-electron chi connectivity index (χ1n) is 4.86. The van der Waals surface area contributed by atoms with E-state index in [1.807, 2.05) is 0 Å². The molecule has 0 aliphatic carbocycles. The molecule has 0 bridgehead atoms. The first-order chi connectivity index (χ1) is 8.27. The summed E-state index contributed by atoms with van der Waals surface area (Å²) in [6.45, 7) is 0. The maximum Gasteiger partial charge on any atom is 0.168 e. The Balaban J connectivity index is 2.34. The Morgan fingerprint density at radius 3 is 2.94 bits per heavy atom. The molecule has 2 heterocycles. The van der Waals surface area contributed by atoms with Gasteiger partial charge in [0.15, 0.2) is 11.6 Å². The van der Waals surface area contributed by atoms with Crippen molar-refractivity contribution in [3.8, 4) is 11.3 Å². The Hall–Kier alpha value is -2.37. The van der Waals surface area contributed by atoms with Crippen molar-refractivity contribution in [2.75, 3.05) is 0 Å². The van der Waals surface area contributed by atoms with Crippen LogP contribution >= 0.6 is 0 Å². The molecule has 2 aromatic heterocycles. The molecule has 17 heavy (non-hydrogen) atoms. The molecule has 0 atom stereocenters. The van der Waals surface area contributed by atoms with Gasteiger partial charge in [-0.25, -0.2) is 13.8 Å². The van der Waals surface area contributed by atoms with Crippen molar-refractivity contribution in [2.45, 2.75) is 0 Å². The van der Waals surface area contributed by atoms with Crippen LogP contribution in [0.1, 0.15) is 0 Å². The number of fused-ring (bicyclic) bond motifs is 1. The van der Waals surface area contributed by atoms with Crippen LogP contribution in [0.2, 0.25) is 0 Å². The molecule has 1 aromatic carbocycles. The molecular weight excluding hydrogens is 226 g/mol. The van der Waals surface area contributed by atoms with Crippen molar-refractivity contribution in [2.24, 2.45) is 0 Å². The van der Waals surface area contributed by atoms with Crippen molar-refractivity contribution in [3.63, 3.8) is 0 Å². The molecule has 0 saturated heterocycles. The first kappa shape index (κ1) is 9.83. The number of aromatic nitrogens is 4. The topological polar surface area (TPSA) is 54.5 Å². The smallest absolute Gasteiger partial charge is 0.168 e. The Bertz CT molecular complexity index is 693. The lowest BCUT2D eigenvalue weighted by Crippen LogP contribution is -1.94. The standard InChI is InChI=1S/C11H6F2N4/c12-7-3-1-2-6(9(7)13)10-11-8(4-16-17-10)14-5-15-11/h1-5H,(H,14,15). The van der Waals surface area contributed by atoms with E-state index in [-0.39, 0.29) is 11.3 Å². The summed E-state index contributed by atoms with van der Waals surface area (Å²) in [5.74, 6) is -1.87. The molecule has 0 radical (unpaired) electrons. The normalized spacial score (nSPS) is 10.9. The third kappa shape index (κ3) is 1.45. The van der Waals surface area contributed by atoms with E-state index >= 15 is 0 Å². The van der Waals surface area contributed by atoms with E-state index in [9.17, 15) is 8.78 Å². The number of nitrogens with one attached hydrogen (secondary N) is 1. The minimum absolute atomic E-state index is 0.0511. The molecule has 3 aromatic rings. The van der Waals surface area contributed by atoms with Crippen LogP contribution in [0.5, 0.6) is 0 Å². The van der Waals surface area contributed by atoms with Gasteiger partial charge in [0.2, 0.25) is 0 Å². The van der Waals surface area contributed by atoms with Gasteiger partial charge >= 0.3 is 0 Å². The lowest BCUT2D eigenvalue weighted by molar-refractivity contribution is 0.511. The number of H-pyrrole nitrogens is 1. The van der Waals surface area contributed by atoms with Crippen LogP contribution in [-0.2, 0) is 0 Å². The van der Waals surface area contributed by atoms with Crippen LogP contribution in [-0.4, -0.2) is 20.2 Å². The third-order valence-electron chi connectivity index (χ3n) is 2.44. The van der Waals surface area contributed by atoms with Crippen LogP contribution in [0, 0.1) is 11.6 Å². The highest BCUT2D eigenvalue weighted by Gasteiger charge is 2.15. The molecule has 6 heteroatoms. The van der Waals surface area contributed by atoms with Gasteiger partial charge in [0.05, 0.1) is 18.0 Å². The van der Waals surface area contributed by atoms with Crippen molar-refractivity contribution in [1.29, 1.82) is 0 Å². The fourth-order valence-electron chi connectivity index (χ4n) is 1.65. The summed E-state index contributed by atoms with van der Waals surface area (Å²) in [5.41, 5.74) is 1.36. The van der Waals surface area contributed by atoms with E-state index in [0.29, 0.717) is 11.0 Å². The van der Waals surface area contributed by atoms with Crippen molar-refractivity contribution < 1.29 is 8.78 Å². The summed E-state index contributed by atoms with van der Waals surface area (Å²) in [6, 6.07) is 3.91. The Kier molecular flexibility index (Phi) is 2.07. The monoisotopic (exact) mass is 232 g/mol. The summed E-state index contributed by atoms with van der Waals surface area (Å²) in [7, 11) is 0. The van der Waals surface area contributed by atoms with Gasteiger partial charge in [-0.2, -0.15) is 5.10 Å². The Morgan fingerprint density at radius 1 is 1.18 bits per heavy atom. The van der Waals surface area contributed by atoms with Gasteiger partial charge in [-0.1, -0.05) is 6.07 Å². The molecule has 0 aliphatic rings. The summed E-state index contributed by atoms with van der Waals surface area (Å²) < 4.78 is 26.8. The number of hydrogen-bond acceptors (Lipinski definition) is 3. The molecule has 0 amide bonds. The molecule has 0 aliphatic heterocycles. The second-order valence-electron chi connectivity index (χ2n) is 3.46. The molecule has 0 spiro atoms. The molecular formula is C11H6F2N4. The van der Waals surface area contributed by atoms with Gasteiger partial charge in [0.25, 0.3) is 0 Å². The number of rotatable bonds is 1. The van der Waals surface area contributed by atoms with E-state index in [1.165, 1.54) is 24.7 Å². The van der Waals surface area contributed by atoms with Crippen LogP contribution in [0.4, 0.5) is 8.78 Å². The van der Waals surface area contributed by atoms with Gasteiger partial charge in [-0.15, -0.1) is 5.10 Å². The molecule has 84 valence electrons. The highest BCUT2D eigenvalue weighted by molar-refractivity contribution is 5.88. The Morgan fingerprint density at radius 2 is 2.06 bits per heavy atom. The van der Waals surface area contributed by atoms with Crippen molar-refractivity contribution in [1.82, 2.24) is 20.2 Å². The van der Waals surface area contributed by atoms with E-state index in [2.05, 4.69) is 20.2 Å². The second-order valence-corrected chi connectivity index (χ2v) is 3.46. The molecule has 0 fully saturated rings. The number of nitrogens with zero attached hydrogens (tertiary/aromatic N) is 3. The fraction of sp³-hybridized carbons (Fsp3) is 0. The molecule has 0 unspecified atom stereocenters. The maximum atomic E-state index is 13.6. The largest absolute Gasteiger partial charge is 0.343 e. The summed E-state index contributed by atoms with van der Waals surface area (Å²) in [5, 5.41) is 7.53. The van der Waals surface area contributed by atoms with E-state index in [4.69, 9.17) is 0 Å². The SMILES string of the molecule is Fc1cccc(-c2nncc3[nH]cnc23)c1F. The minimum Gasteiger partial charge on any atom is -0.343 e. The first-order valence-corrected chi connectivity index (χ1v) is 4.86. The number of benzene rings is 1. The summed E-state index contributed by atoms with van der Waals surface area (Å²) in [4.78, 5) is 6.85. The fourth-order valence-corrected chi connectivity index (χ4v) is 1.65. The highest BCUT2D eigenvalue weighted by Crippen LogP contribution is 2.26. The zero-order valence-electron chi connectivity index (χ0n) is 8.48. The van der Waals surface area contributed by atoms with Gasteiger partial charge in [0, 0.05) is 5.56 Å². The lowest BCUT2D eigenvalue weighted by atomic mass is 10.1. The van der Waals surface area contributed by atoms with E-state index in [0.717, 1.165) is 6.07 Å². The highest BCUT2D eigenvalue weighted by atomic mass is 19.2. The minimum atomic E-state index is -0.947. The van der Waals surface area contributed by atoms with Gasteiger partial charge in [-0.05, 0) is 12.1 Å². The molecule has 4 nitrogen and oxygen atoms in total. The molecule has 0 saturated carbocycles. The van der Waals surface area contributed by atoms with E-state index < -0.39 is 11.6 Å². The number of aromatic amines is 1. The summed E-state index contributed by atoms with van der Waals surface area (Å²) >= 11 is 0. The van der Waals surface area contributed by atoms with Gasteiger partial charge in [-0.3, -0.25) is 0 Å². The zero-order valence-corrected chi connectivity index (χ0v) is 8.48. The van der Waals surface area contributed by atoms with Crippen LogP contribution in [0.3, 0.4) is 0 Å². The quantitative estimate of drug-likeness (QED) is 0.700. The van der Waals surface area contributed by atoms with Crippen molar-refractivity contribution >= 4 is 11.0 Å². The third-order valence-corrected chi connectivity index (χ3v) is 2.44. The van der Waals surface area contributed by atoms with Crippen LogP contribution in [0.15, 0.2) is 30.7 Å². The molecule has 1 N–H and O–H groups in total. The number of halogens is 2. The average molecular weight is 232 g/mol. The maximum absolute atomic E-state index is 13.6. The second kappa shape index (κ2) is 3.58. The van der Waals surface area contributed by atoms with Gasteiger partial charge in [0.1, 0.15) is 11.2 Å². The lowest BCUT2D eigenvalue weighted by Gasteiger charge is -2.02. The van der Waals surface area contributed by atoms with Crippen LogP contribution in [0.25, 0.3) is 22.3 Å². The number of hydrogen-bond donors (Lipinski definition) is 1. The molecule has 3 rings (SSSR count). The van der Waals surface area contributed by atoms with E-state index in [1.54, 1.807) is 0 Å².